The van der Waals surface area contributed by atoms with Crippen LogP contribution in [0.15, 0.2) is 30.5 Å². The summed E-state index contributed by atoms with van der Waals surface area (Å²) in [4.78, 5) is 14.1. The van der Waals surface area contributed by atoms with E-state index in [1.54, 1.807) is 23.2 Å². The van der Waals surface area contributed by atoms with Crippen molar-refractivity contribution in [3.8, 4) is 0 Å². The van der Waals surface area contributed by atoms with Gasteiger partial charge < -0.3 is 9.64 Å². The smallest absolute Gasteiger partial charge is 0.256 e. The Balaban J connectivity index is 1.60. The van der Waals surface area contributed by atoms with Gasteiger partial charge in [0.05, 0.1) is 36.2 Å². The third-order valence-corrected chi connectivity index (χ3v) is 4.04. The number of rotatable bonds is 1. The molecule has 21 heavy (non-hydrogen) atoms. The molecule has 0 aliphatic carbocycles. The summed E-state index contributed by atoms with van der Waals surface area (Å²) < 4.78 is 21.3. The number of carbonyl (C=O) groups excluding carboxylic acids is 1. The quantitative estimate of drug-likeness (QED) is 0.786. The van der Waals surface area contributed by atoms with Crippen LogP contribution < -0.4 is 0 Å². The molecule has 4 rings (SSSR count). The lowest BCUT2D eigenvalue weighted by Gasteiger charge is -2.25. The summed E-state index contributed by atoms with van der Waals surface area (Å²) in [5.41, 5.74) is 0.992. The Morgan fingerprint density at radius 3 is 3.05 bits per heavy atom. The highest BCUT2D eigenvalue weighted by Crippen LogP contribution is 2.31. The van der Waals surface area contributed by atoms with Crippen molar-refractivity contribution in [3.63, 3.8) is 0 Å². The number of ether oxygens (including phenoxy) is 1. The average Bonchev–Trinajstić information content (AvgIpc) is 3.12. The van der Waals surface area contributed by atoms with Crippen LogP contribution in [-0.2, 0) is 11.3 Å². The molecule has 2 aromatic rings. The first-order valence-electron chi connectivity index (χ1n) is 6.78. The van der Waals surface area contributed by atoms with Crippen LogP contribution in [0, 0.1) is 5.82 Å². The number of amides is 1. The first kappa shape index (κ1) is 12.5. The van der Waals surface area contributed by atoms with Gasteiger partial charge in [0.15, 0.2) is 0 Å². The first-order chi connectivity index (χ1) is 10.2. The number of fused-ring (bicyclic) bond motifs is 3. The van der Waals surface area contributed by atoms with Crippen molar-refractivity contribution < 1.29 is 13.9 Å². The second-order valence-electron chi connectivity index (χ2n) is 5.28. The Morgan fingerprint density at radius 2 is 2.19 bits per heavy atom. The van der Waals surface area contributed by atoms with Crippen LogP contribution in [0.2, 0.25) is 0 Å². The van der Waals surface area contributed by atoms with Gasteiger partial charge in [0.2, 0.25) is 0 Å². The van der Waals surface area contributed by atoms with Gasteiger partial charge in [-0.15, -0.1) is 5.10 Å². The number of benzene rings is 1. The van der Waals surface area contributed by atoms with Crippen molar-refractivity contribution >= 4 is 5.91 Å². The van der Waals surface area contributed by atoms with Gasteiger partial charge >= 0.3 is 0 Å². The number of hydrogen-bond acceptors (Lipinski definition) is 4. The highest BCUT2D eigenvalue weighted by atomic mass is 19.1. The molecule has 1 unspecified atom stereocenters. The van der Waals surface area contributed by atoms with Crippen LogP contribution in [0.1, 0.15) is 22.1 Å². The van der Waals surface area contributed by atoms with E-state index in [4.69, 9.17) is 4.74 Å². The maximum atomic E-state index is 13.7. The van der Waals surface area contributed by atoms with Gasteiger partial charge in [-0.2, -0.15) is 0 Å². The predicted octanol–water partition coefficient (Wildman–Crippen LogP) is 1.01. The average molecular weight is 288 g/mol. The van der Waals surface area contributed by atoms with Crippen LogP contribution in [0.3, 0.4) is 0 Å². The Morgan fingerprint density at radius 1 is 1.33 bits per heavy atom. The molecule has 2 atom stereocenters. The van der Waals surface area contributed by atoms with E-state index >= 15 is 0 Å². The molecular formula is C14H13FN4O2. The molecule has 2 aliphatic rings. The fourth-order valence-electron chi connectivity index (χ4n) is 2.97. The van der Waals surface area contributed by atoms with Crippen molar-refractivity contribution in [2.24, 2.45) is 0 Å². The molecular weight excluding hydrogens is 275 g/mol. The molecule has 6 nitrogen and oxygen atoms in total. The lowest BCUT2D eigenvalue weighted by Crippen LogP contribution is -2.32. The minimum Gasteiger partial charge on any atom is -0.368 e. The number of halogens is 1. The van der Waals surface area contributed by atoms with E-state index in [1.807, 2.05) is 4.68 Å². The molecule has 0 bridgehead atoms. The summed E-state index contributed by atoms with van der Waals surface area (Å²) in [6.45, 7) is 1.33. The number of hydrogen-bond donors (Lipinski definition) is 0. The molecule has 1 fully saturated rings. The summed E-state index contributed by atoms with van der Waals surface area (Å²) in [5, 5.41) is 7.93. The van der Waals surface area contributed by atoms with Crippen molar-refractivity contribution in [1.82, 2.24) is 19.9 Å². The van der Waals surface area contributed by atoms with Crippen LogP contribution >= 0.6 is 0 Å². The van der Waals surface area contributed by atoms with Crippen molar-refractivity contribution in [2.75, 3.05) is 13.1 Å². The van der Waals surface area contributed by atoms with E-state index in [9.17, 15) is 9.18 Å². The Kier molecular flexibility index (Phi) is 2.75. The second kappa shape index (κ2) is 4.63. The van der Waals surface area contributed by atoms with Crippen molar-refractivity contribution in [3.05, 3.63) is 47.5 Å². The normalized spacial score (nSPS) is 23.8. The van der Waals surface area contributed by atoms with E-state index in [1.165, 1.54) is 12.1 Å². The molecule has 1 aromatic carbocycles. The zero-order valence-electron chi connectivity index (χ0n) is 11.1. The molecule has 1 saturated heterocycles. The Bertz CT molecular complexity index is 702. The maximum Gasteiger partial charge on any atom is 0.256 e. The summed E-state index contributed by atoms with van der Waals surface area (Å²) in [6, 6.07) is 5.97. The first-order valence-corrected chi connectivity index (χ1v) is 6.78. The molecule has 1 amide bonds. The molecule has 108 valence electrons. The van der Waals surface area contributed by atoms with Crippen LogP contribution in [-0.4, -0.2) is 45.0 Å². The van der Waals surface area contributed by atoms with Crippen LogP contribution in [0.4, 0.5) is 4.39 Å². The molecule has 0 radical (unpaired) electrons. The van der Waals surface area contributed by atoms with E-state index in [-0.39, 0.29) is 23.6 Å². The molecule has 0 N–H and O–H groups in total. The summed E-state index contributed by atoms with van der Waals surface area (Å²) in [7, 11) is 0. The fourth-order valence-corrected chi connectivity index (χ4v) is 2.97. The molecule has 2 aliphatic heterocycles. The second-order valence-corrected chi connectivity index (χ2v) is 5.28. The van der Waals surface area contributed by atoms with Gasteiger partial charge in [0.25, 0.3) is 5.91 Å². The van der Waals surface area contributed by atoms with E-state index in [2.05, 4.69) is 10.3 Å². The Labute approximate surface area is 120 Å². The molecule has 7 heteroatoms. The minimum atomic E-state index is -0.500. The number of aromatic nitrogens is 3. The zero-order chi connectivity index (χ0) is 14.4. The van der Waals surface area contributed by atoms with Gasteiger partial charge in [-0.25, -0.2) is 9.07 Å². The number of nitrogens with zero attached hydrogens (tertiary/aromatic N) is 4. The highest BCUT2D eigenvalue weighted by molar-refractivity contribution is 5.94. The minimum absolute atomic E-state index is 0.0491. The standard InChI is InChI=1S/C14H13FN4O2/c15-11-4-2-1-3-10(11)14(20)18-6-12-13(7-18)21-8-9-5-16-17-19(9)12/h1-5,12-13H,6-8H2/t12-,13?/m1/s1. The SMILES string of the molecule is O=C(c1ccccc1F)N1CC2OCc3cnnn3[C@@H]2C1. The number of likely N-dealkylation sites (tertiary alicyclic amines) is 1. The largest absolute Gasteiger partial charge is 0.368 e. The topological polar surface area (TPSA) is 60.3 Å². The lowest BCUT2D eigenvalue weighted by molar-refractivity contribution is -0.00489. The fraction of sp³-hybridized carbons (Fsp3) is 0.357. The van der Waals surface area contributed by atoms with E-state index < -0.39 is 5.82 Å². The van der Waals surface area contributed by atoms with Crippen molar-refractivity contribution in [1.29, 1.82) is 0 Å². The monoisotopic (exact) mass is 288 g/mol. The molecule has 0 spiro atoms. The number of carbonyl (C=O) groups is 1. The van der Waals surface area contributed by atoms with E-state index in [0.717, 1.165) is 5.69 Å². The molecule has 3 heterocycles. The summed E-state index contributed by atoms with van der Waals surface area (Å²) in [6.07, 6.45) is 1.55. The van der Waals surface area contributed by atoms with Crippen LogP contribution in [0.5, 0.6) is 0 Å². The van der Waals surface area contributed by atoms with Gasteiger partial charge in [0, 0.05) is 13.1 Å². The Hall–Kier alpha value is -2.28. The molecule has 1 aromatic heterocycles. The summed E-state index contributed by atoms with van der Waals surface area (Å²) >= 11 is 0. The van der Waals surface area contributed by atoms with E-state index in [0.29, 0.717) is 19.7 Å². The van der Waals surface area contributed by atoms with Gasteiger partial charge in [0.1, 0.15) is 5.82 Å². The van der Waals surface area contributed by atoms with Crippen LogP contribution in [0.25, 0.3) is 0 Å². The zero-order valence-corrected chi connectivity index (χ0v) is 11.1. The third-order valence-electron chi connectivity index (χ3n) is 4.04. The highest BCUT2D eigenvalue weighted by Gasteiger charge is 2.41. The lowest BCUT2D eigenvalue weighted by atomic mass is 10.2. The summed E-state index contributed by atoms with van der Waals surface area (Å²) in [5.74, 6) is -0.812. The third kappa shape index (κ3) is 1.92. The van der Waals surface area contributed by atoms with Gasteiger partial charge in [-0.05, 0) is 12.1 Å². The van der Waals surface area contributed by atoms with Gasteiger partial charge in [-0.3, -0.25) is 4.79 Å². The maximum absolute atomic E-state index is 13.7. The predicted molar refractivity (Wildman–Crippen MR) is 69.9 cm³/mol. The molecule has 0 saturated carbocycles. The van der Waals surface area contributed by atoms with Gasteiger partial charge in [-0.1, -0.05) is 17.3 Å². The van der Waals surface area contributed by atoms with Crippen molar-refractivity contribution in [2.45, 2.75) is 18.8 Å².